The minimum atomic E-state index is -0.479. The minimum Gasteiger partial charge on any atom is -0.505 e. The molecule has 4 N–H and O–H groups in total. The predicted molar refractivity (Wildman–Crippen MR) is 70.2 cm³/mol. The standard InChI is InChI=1S/C11H9BrN4O2/c12-8-3-6(13)4-15-10(8)16-11(18)7-1-2-14-5-9(7)17/h1-5,17H,13H2,(H,15,16,18). The SMILES string of the molecule is Nc1cnc(NC(=O)c2ccncc2O)c(Br)c1. The van der Waals surface area contributed by atoms with Gasteiger partial charge in [-0.3, -0.25) is 9.78 Å². The Labute approximate surface area is 111 Å². The van der Waals surface area contributed by atoms with Crippen LogP contribution in [-0.2, 0) is 0 Å². The molecule has 18 heavy (non-hydrogen) atoms. The van der Waals surface area contributed by atoms with Gasteiger partial charge < -0.3 is 16.2 Å². The van der Waals surface area contributed by atoms with Gasteiger partial charge >= 0.3 is 0 Å². The van der Waals surface area contributed by atoms with Crippen LogP contribution < -0.4 is 11.1 Å². The second-order valence-electron chi connectivity index (χ2n) is 3.45. The Balaban J connectivity index is 2.24. The zero-order chi connectivity index (χ0) is 13.1. The van der Waals surface area contributed by atoms with Crippen molar-refractivity contribution in [2.75, 3.05) is 11.1 Å². The summed E-state index contributed by atoms with van der Waals surface area (Å²) in [7, 11) is 0. The number of pyridine rings is 2. The lowest BCUT2D eigenvalue weighted by molar-refractivity contribution is 0.102. The average molecular weight is 309 g/mol. The molecule has 0 aliphatic rings. The predicted octanol–water partition coefficient (Wildman–Crippen LogP) is 1.78. The molecule has 0 aliphatic heterocycles. The second-order valence-corrected chi connectivity index (χ2v) is 4.30. The molecule has 0 spiro atoms. The second kappa shape index (κ2) is 5.01. The number of carbonyl (C=O) groups excluding carboxylic acids is 1. The maximum Gasteiger partial charge on any atom is 0.260 e. The van der Waals surface area contributed by atoms with E-state index in [0.29, 0.717) is 16.0 Å². The van der Waals surface area contributed by atoms with Gasteiger partial charge in [-0.05, 0) is 28.1 Å². The van der Waals surface area contributed by atoms with E-state index >= 15 is 0 Å². The first kappa shape index (κ1) is 12.3. The van der Waals surface area contributed by atoms with Gasteiger partial charge in [-0.2, -0.15) is 0 Å². The first-order chi connectivity index (χ1) is 8.58. The number of carbonyl (C=O) groups is 1. The summed E-state index contributed by atoms with van der Waals surface area (Å²) in [6.07, 6.45) is 4.03. The molecule has 2 aromatic heterocycles. The molecule has 0 saturated heterocycles. The molecule has 2 aromatic rings. The van der Waals surface area contributed by atoms with Crippen molar-refractivity contribution in [1.82, 2.24) is 9.97 Å². The van der Waals surface area contributed by atoms with Crippen LogP contribution in [0, 0.1) is 0 Å². The van der Waals surface area contributed by atoms with Gasteiger partial charge in [0, 0.05) is 6.20 Å². The molecule has 7 heteroatoms. The Kier molecular flexibility index (Phi) is 3.42. The fourth-order valence-electron chi connectivity index (χ4n) is 1.30. The Morgan fingerprint density at radius 1 is 1.44 bits per heavy atom. The number of anilines is 2. The highest BCUT2D eigenvalue weighted by Crippen LogP contribution is 2.23. The summed E-state index contributed by atoms with van der Waals surface area (Å²) in [5, 5.41) is 12.1. The largest absolute Gasteiger partial charge is 0.505 e. The van der Waals surface area contributed by atoms with Gasteiger partial charge in [-0.1, -0.05) is 0 Å². The van der Waals surface area contributed by atoms with Crippen LogP contribution in [0.5, 0.6) is 5.75 Å². The maximum absolute atomic E-state index is 11.9. The molecule has 0 saturated carbocycles. The lowest BCUT2D eigenvalue weighted by Gasteiger charge is -2.07. The summed E-state index contributed by atoms with van der Waals surface area (Å²) in [5.41, 5.74) is 6.14. The minimum absolute atomic E-state index is 0.121. The van der Waals surface area contributed by atoms with Crippen LogP contribution in [0.3, 0.4) is 0 Å². The third kappa shape index (κ3) is 2.57. The fraction of sp³-hybridized carbons (Fsp3) is 0. The quantitative estimate of drug-likeness (QED) is 0.785. The van der Waals surface area contributed by atoms with Crippen LogP contribution >= 0.6 is 15.9 Å². The van der Waals surface area contributed by atoms with Gasteiger partial charge in [0.15, 0.2) is 0 Å². The number of hydrogen-bond acceptors (Lipinski definition) is 5. The molecule has 0 bridgehead atoms. The van der Waals surface area contributed by atoms with Crippen molar-refractivity contribution in [1.29, 1.82) is 0 Å². The molecule has 0 aliphatic carbocycles. The number of nitrogens with one attached hydrogen (secondary N) is 1. The van der Waals surface area contributed by atoms with Crippen LogP contribution in [0.1, 0.15) is 10.4 Å². The van der Waals surface area contributed by atoms with E-state index < -0.39 is 5.91 Å². The molecule has 6 nitrogen and oxygen atoms in total. The lowest BCUT2D eigenvalue weighted by atomic mass is 10.2. The van der Waals surface area contributed by atoms with Crippen molar-refractivity contribution in [3.63, 3.8) is 0 Å². The van der Waals surface area contributed by atoms with Gasteiger partial charge in [-0.25, -0.2) is 4.98 Å². The average Bonchev–Trinajstić information content (AvgIpc) is 2.33. The summed E-state index contributed by atoms with van der Waals surface area (Å²) in [4.78, 5) is 19.5. The van der Waals surface area contributed by atoms with Crippen LogP contribution in [-0.4, -0.2) is 21.0 Å². The van der Waals surface area contributed by atoms with Crippen LogP contribution in [0.15, 0.2) is 35.2 Å². The van der Waals surface area contributed by atoms with E-state index in [-0.39, 0.29) is 11.3 Å². The van der Waals surface area contributed by atoms with E-state index in [4.69, 9.17) is 5.73 Å². The molecule has 0 atom stereocenters. The van der Waals surface area contributed by atoms with Gasteiger partial charge in [-0.15, -0.1) is 0 Å². The van der Waals surface area contributed by atoms with Crippen LogP contribution in [0.2, 0.25) is 0 Å². The van der Waals surface area contributed by atoms with Gasteiger partial charge in [0.1, 0.15) is 11.6 Å². The molecular formula is C11H9BrN4O2. The third-order valence-corrected chi connectivity index (χ3v) is 2.74. The fourth-order valence-corrected chi connectivity index (χ4v) is 1.76. The topological polar surface area (TPSA) is 101 Å². The van der Waals surface area contributed by atoms with E-state index in [2.05, 4.69) is 31.2 Å². The van der Waals surface area contributed by atoms with Crippen LogP contribution in [0.4, 0.5) is 11.5 Å². The maximum atomic E-state index is 11.9. The number of hydrogen-bond donors (Lipinski definition) is 3. The molecule has 1 amide bonds. The lowest BCUT2D eigenvalue weighted by Crippen LogP contribution is -2.13. The Hall–Kier alpha value is -2.15. The molecule has 0 radical (unpaired) electrons. The molecule has 92 valence electrons. The number of aromatic nitrogens is 2. The van der Waals surface area contributed by atoms with Crippen molar-refractivity contribution in [2.24, 2.45) is 0 Å². The Morgan fingerprint density at radius 3 is 2.89 bits per heavy atom. The number of nitrogens with zero attached hydrogens (tertiary/aromatic N) is 2. The molecular weight excluding hydrogens is 300 g/mol. The van der Waals surface area contributed by atoms with Crippen molar-refractivity contribution in [2.45, 2.75) is 0 Å². The third-order valence-electron chi connectivity index (χ3n) is 2.14. The van der Waals surface area contributed by atoms with Gasteiger partial charge in [0.05, 0.1) is 28.1 Å². The van der Waals surface area contributed by atoms with E-state index in [1.54, 1.807) is 6.07 Å². The van der Waals surface area contributed by atoms with E-state index in [1.807, 2.05) is 0 Å². The molecule has 0 fully saturated rings. The highest BCUT2D eigenvalue weighted by Gasteiger charge is 2.13. The molecule has 2 heterocycles. The first-order valence-electron chi connectivity index (χ1n) is 4.93. The summed E-state index contributed by atoms with van der Waals surface area (Å²) in [6.45, 7) is 0. The number of amides is 1. The molecule has 2 rings (SSSR count). The van der Waals surface area contributed by atoms with Crippen LogP contribution in [0.25, 0.3) is 0 Å². The molecule has 0 aromatic carbocycles. The van der Waals surface area contributed by atoms with Crippen molar-refractivity contribution < 1.29 is 9.90 Å². The van der Waals surface area contributed by atoms with E-state index in [9.17, 15) is 9.90 Å². The normalized spacial score (nSPS) is 10.1. The Bertz CT molecular complexity index is 603. The number of nitrogen functional groups attached to an aromatic ring is 1. The smallest absolute Gasteiger partial charge is 0.260 e. The number of nitrogens with two attached hydrogens (primary N) is 1. The zero-order valence-electron chi connectivity index (χ0n) is 9.09. The highest BCUT2D eigenvalue weighted by atomic mass is 79.9. The van der Waals surface area contributed by atoms with Crippen molar-refractivity contribution >= 4 is 33.3 Å². The summed E-state index contributed by atoms with van der Waals surface area (Å²) in [6, 6.07) is 3.03. The number of halogens is 1. The molecule has 0 unspecified atom stereocenters. The van der Waals surface area contributed by atoms with Crippen molar-refractivity contribution in [3.05, 3.63) is 40.8 Å². The van der Waals surface area contributed by atoms with E-state index in [1.165, 1.54) is 24.7 Å². The van der Waals surface area contributed by atoms with Gasteiger partial charge in [0.2, 0.25) is 0 Å². The summed E-state index contributed by atoms with van der Waals surface area (Å²) in [5.74, 6) is -0.347. The Morgan fingerprint density at radius 2 is 2.22 bits per heavy atom. The highest BCUT2D eigenvalue weighted by molar-refractivity contribution is 9.10. The van der Waals surface area contributed by atoms with Gasteiger partial charge in [0.25, 0.3) is 5.91 Å². The summed E-state index contributed by atoms with van der Waals surface area (Å²) >= 11 is 3.23. The first-order valence-corrected chi connectivity index (χ1v) is 5.72. The van der Waals surface area contributed by atoms with Crippen molar-refractivity contribution in [3.8, 4) is 5.75 Å². The monoisotopic (exact) mass is 308 g/mol. The summed E-state index contributed by atoms with van der Waals surface area (Å²) < 4.78 is 0.560. The number of aromatic hydroxyl groups is 1. The zero-order valence-corrected chi connectivity index (χ0v) is 10.7. The number of rotatable bonds is 2. The van der Waals surface area contributed by atoms with E-state index in [0.717, 1.165) is 0 Å².